The van der Waals surface area contributed by atoms with E-state index in [0.29, 0.717) is 12.1 Å². The zero-order valence-electron chi connectivity index (χ0n) is 14.6. The third-order valence-electron chi connectivity index (χ3n) is 4.17. The molecule has 126 valence electrons. The number of methoxy groups -OCH3 is 1. The number of hydrogen-bond acceptors (Lipinski definition) is 3. The fourth-order valence-corrected chi connectivity index (χ4v) is 2.67. The summed E-state index contributed by atoms with van der Waals surface area (Å²) in [7, 11) is 3.15. The van der Waals surface area contributed by atoms with Gasteiger partial charge in [0, 0.05) is 13.6 Å². The summed E-state index contributed by atoms with van der Waals surface area (Å²) in [6, 6.07) is 16.9. The second-order valence-electron chi connectivity index (χ2n) is 6.34. The Hall–Kier alpha value is -2.62. The molecule has 0 aromatic heterocycles. The van der Waals surface area contributed by atoms with Crippen LogP contribution in [0.4, 0.5) is 0 Å². The van der Waals surface area contributed by atoms with E-state index < -0.39 is 5.41 Å². The molecule has 24 heavy (non-hydrogen) atoms. The minimum absolute atomic E-state index is 0.0470. The van der Waals surface area contributed by atoms with Crippen molar-refractivity contribution in [2.45, 2.75) is 25.8 Å². The number of carbonyl (C=O) groups is 2. The van der Waals surface area contributed by atoms with E-state index in [9.17, 15) is 9.59 Å². The summed E-state index contributed by atoms with van der Waals surface area (Å²) >= 11 is 0. The molecule has 4 heteroatoms. The summed E-state index contributed by atoms with van der Waals surface area (Å²) in [6.07, 6.45) is 0. The standard InChI is InChI=1S/C20H23NO3/c1-20(2,17-8-6-5-7-9-17)19(23)21(3)14-15-10-12-16(13-11-15)18(22)24-4/h5-13H,14H2,1-4H3. The normalized spacial score (nSPS) is 11.0. The van der Waals surface area contributed by atoms with Crippen molar-refractivity contribution in [3.05, 3.63) is 71.3 Å². The molecule has 0 N–H and O–H groups in total. The van der Waals surface area contributed by atoms with Crippen LogP contribution in [0, 0.1) is 0 Å². The zero-order chi connectivity index (χ0) is 17.7. The van der Waals surface area contributed by atoms with Crippen LogP contribution < -0.4 is 0 Å². The molecule has 0 unspecified atom stereocenters. The summed E-state index contributed by atoms with van der Waals surface area (Å²) in [5.74, 6) is -0.318. The van der Waals surface area contributed by atoms with Crippen molar-refractivity contribution in [1.82, 2.24) is 4.90 Å². The smallest absolute Gasteiger partial charge is 0.337 e. The molecule has 2 aromatic rings. The highest BCUT2D eigenvalue weighted by Gasteiger charge is 2.32. The molecule has 0 radical (unpaired) electrons. The van der Waals surface area contributed by atoms with E-state index >= 15 is 0 Å². The highest BCUT2D eigenvalue weighted by Crippen LogP contribution is 2.25. The van der Waals surface area contributed by atoms with Crippen LogP contribution in [0.15, 0.2) is 54.6 Å². The van der Waals surface area contributed by atoms with Gasteiger partial charge in [-0.3, -0.25) is 4.79 Å². The Morgan fingerprint density at radius 2 is 1.58 bits per heavy atom. The Balaban J connectivity index is 2.10. The van der Waals surface area contributed by atoms with E-state index in [-0.39, 0.29) is 11.9 Å². The van der Waals surface area contributed by atoms with Gasteiger partial charge in [-0.05, 0) is 37.1 Å². The topological polar surface area (TPSA) is 46.6 Å². The lowest BCUT2D eigenvalue weighted by atomic mass is 9.83. The fraction of sp³-hybridized carbons (Fsp3) is 0.300. The number of benzene rings is 2. The molecule has 0 heterocycles. The highest BCUT2D eigenvalue weighted by atomic mass is 16.5. The average Bonchev–Trinajstić information content (AvgIpc) is 2.61. The molecule has 0 saturated heterocycles. The zero-order valence-corrected chi connectivity index (χ0v) is 14.6. The van der Waals surface area contributed by atoms with Gasteiger partial charge in [0.05, 0.1) is 18.1 Å². The van der Waals surface area contributed by atoms with Crippen LogP contribution in [0.3, 0.4) is 0 Å². The summed E-state index contributed by atoms with van der Waals surface area (Å²) in [6.45, 7) is 4.35. The van der Waals surface area contributed by atoms with Gasteiger partial charge in [-0.15, -0.1) is 0 Å². The second-order valence-corrected chi connectivity index (χ2v) is 6.34. The van der Waals surface area contributed by atoms with Crippen molar-refractivity contribution in [1.29, 1.82) is 0 Å². The lowest BCUT2D eigenvalue weighted by molar-refractivity contribution is -0.135. The van der Waals surface area contributed by atoms with E-state index in [1.807, 2.05) is 56.3 Å². The quantitative estimate of drug-likeness (QED) is 0.792. The number of nitrogens with zero attached hydrogens (tertiary/aromatic N) is 1. The molecule has 0 fully saturated rings. The molecule has 0 aliphatic carbocycles. The predicted octanol–water partition coefficient (Wildman–Crippen LogP) is 3.41. The average molecular weight is 325 g/mol. The maximum absolute atomic E-state index is 12.8. The van der Waals surface area contributed by atoms with Crippen LogP contribution in [0.5, 0.6) is 0 Å². The summed E-state index contributed by atoms with van der Waals surface area (Å²) in [4.78, 5) is 26.0. The van der Waals surface area contributed by atoms with Crippen LogP contribution in [-0.4, -0.2) is 30.9 Å². The van der Waals surface area contributed by atoms with Crippen molar-refractivity contribution in [2.75, 3.05) is 14.2 Å². The number of esters is 1. The highest BCUT2D eigenvalue weighted by molar-refractivity contribution is 5.89. The minimum Gasteiger partial charge on any atom is -0.465 e. The molecular weight excluding hydrogens is 302 g/mol. The maximum atomic E-state index is 12.8. The molecule has 2 rings (SSSR count). The first-order chi connectivity index (χ1) is 11.4. The van der Waals surface area contributed by atoms with Crippen molar-refractivity contribution in [2.24, 2.45) is 0 Å². The molecule has 0 bridgehead atoms. The lowest BCUT2D eigenvalue weighted by Crippen LogP contribution is -2.40. The Labute approximate surface area is 143 Å². The maximum Gasteiger partial charge on any atom is 0.337 e. The summed E-state index contributed by atoms with van der Waals surface area (Å²) in [5.41, 5.74) is 1.85. The Morgan fingerprint density at radius 3 is 2.12 bits per heavy atom. The molecule has 0 atom stereocenters. The predicted molar refractivity (Wildman–Crippen MR) is 93.7 cm³/mol. The summed E-state index contributed by atoms with van der Waals surface area (Å²) < 4.78 is 4.69. The fourth-order valence-electron chi connectivity index (χ4n) is 2.67. The molecule has 0 aliphatic rings. The van der Waals surface area contributed by atoms with Gasteiger partial charge in [0.25, 0.3) is 0 Å². The van der Waals surface area contributed by atoms with E-state index in [1.54, 1.807) is 24.1 Å². The van der Waals surface area contributed by atoms with Gasteiger partial charge in [0.2, 0.25) is 5.91 Å². The number of likely N-dealkylation sites (N-methyl/N-ethyl adjacent to an activating group) is 1. The molecular formula is C20H23NO3. The third-order valence-corrected chi connectivity index (χ3v) is 4.17. The Kier molecular flexibility index (Phi) is 5.39. The molecule has 0 aliphatic heterocycles. The van der Waals surface area contributed by atoms with E-state index in [2.05, 4.69) is 4.74 Å². The van der Waals surface area contributed by atoms with Crippen LogP contribution >= 0.6 is 0 Å². The van der Waals surface area contributed by atoms with Gasteiger partial charge in [-0.25, -0.2) is 4.79 Å². The molecule has 0 spiro atoms. The van der Waals surface area contributed by atoms with Crippen LogP contribution in [0.1, 0.15) is 35.3 Å². The number of amides is 1. The molecule has 0 saturated carbocycles. The first kappa shape index (κ1) is 17.7. The number of hydrogen-bond donors (Lipinski definition) is 0. The first-order valence-corrected chi connectivity index (χ1v) is 7.84. The molecule has 1 amide bonds. The van der Waals surface area contributed by atoms with Crippen LogP contribution in [0.25, 0.3) is 0 Å². The van der Waals surface area contributed by atoms with Gasteiger partial charge in [-0.1, -0.05) is 42.5 Å². The van der Waals surface area contributed by atoms with Gasteiger partial charge < -0.3 is 9.64 Å². The van der Waals surface area contributed by atoms with Gasteiger partial charge in [0.1, 0.15) is 0 Å². The third kappa shape index (κ3) is 3.82. The van der Waals surface area contributed by atoms with Crippen LogP contribution in [0.2, 0.25) is 0 Å². The number of carbonyl (C=O) groups excluding carboxylic acids is 2. The minimum atomic E-state index is -0.595. The van der Waals surface area contributed by atoms with Gasteiger partial charge >= 0.3 is 5.97 Å². The van der Waals surface area contributed by atoms with Gasteiger partial charge in [0.15, 0.2) is 0 Å². The van der Waals surface area contributed by atoms with E-state index in [4.69, 9.17) is 0 Å². The van der Waals surface area contributed by atoms with Crippen molar-refractivity contribution < 1.29 is 14.3 Å². The molecule has 4 nitrogen and oxygen atoms in total. The first-order valence-electron chi connectivity index (χ1n) is 7.84. The second kappa shape index (κ2) is 7.30. The van der Waals surface area contributed by atoms with E-state index in [0.717, 1.165) is 11.1 Å². The van der Waals surface area contributed by atoms with Gasteiger partial charge in [-0.2, -0.15) is 0 Å². The van der Waals surface area contributed by atoms with Crippen molar-refractivity contribution in [3.8, 4) is 0 Å². The van der Waals surface area contributed by atoms with Crippen LogP contribution in [-0.2, 0) is 21.5 Å². The van der Waals surface area contributed by atoms with E-state index in [1.165, 1.54) is 7.11 Å². The number of rotatable bonds is 5. The summed E-state index contributed by atoms with van der Waals surface area (Å²) in [5, 5.41) is 0. The monoisotopic (exact) mass is 325 g/mol. The SMILES string of the molecule is COC(=O)c1ccc(CN(C)C(=O)C(C)(C)c2ccccc2)cc1. The van der Waals surface area contributed by atoms with Crippen molar-refractivity contribution >= 4 is 11.9 Å². The Bertz CT molecular complexity index is 705. The lowest BCUT2D eigenvalue weighted by Gasteiger charge is -2.30. The number of ether oxygens (including phenoxy) is 1. The Morgan fingerprint density at radius 1 is 1.00 bits per heavy atom. The largest absolute Gasteiger partial charge is 0.465 e. The molecule has 2 aromatic carbocycles. The van der Waals surface area contributed by atoms with Crippen molar-refractivity contribution in [3.63, 3.8) is 0 Å².